The van der Waals surface area contributed by atoms with Crippen molar-refractivity contribution in [2.24, 2.45) is 0 Å². The van der Waals surface area contributed by atoms with Crippen molar-refractivity contribution < 1.29 is 14.2 Å². The van der Waals surface area contributed by atoms with Gasteiger partial charge < -0.3 is 14.2 Å². The van der Waals surface area contributed by atoms with Crippen molar-refractivity contribution in [2.45, 2.75) is 38.9 Å². The molecule has 2 atom stereocenters. The van der Waals surface area contributed by atoms with E-state index in [-0.39, 0.29) is 0 Å². The van der Waals surface area contributed by atoms with E-state index in [4.69, 9.17) is 14.2 Å². The Labute approximate surface area is 156 Å². The largest absolute Gasteiger partial charge is 0.493 e. The van der Waals surface area contributed by atoms with Crippen LogP contribution in [0.2, 0.25) is 0 Å². The SMILES string of the molecule is C[C@@H]1CN(CCCCOc2cccc(Oc3ccccc3)c2)C[C@@H](C)O1. The molecule has 0 saturated carbocycles. The molecule has 0 spiro atoms. The molecule has 2 aromatic rings. The van der Waals surface area contributed by atoms with E-state index in [0.717, 1.165) is 56.3 Å². The minimum absolute atomic E-state index is 0.336. The molecule has 0 aliphatic carbocycles. The van der Waals surface area contributed by atoms with Gasteiger partial charge in [0.1, 0.15) is 17.2 Å². The van der Waals surface area contributed by atoms with Crippen molar-refractivity contribution in [1.82, 2.24) is 4.90 Å². The van der Waals surface area contributed by atoms with Gasteiger partial charge in [-0.05, 0) is 57.5 Å². The van der Waals surface area contributed by atoms with E-state index in [2.05, 4.69) is 18.7 Å². The van der Waals surface area contributed by atoms with E-state index in [9.17, 15) is 0 Å². The summed E-state index contributed by atoms with van der Waals surface area (Å²) in [5.41, 5.74) is 0. The number of hydrogen-bond donors (Lipinski definition) is 0. The maximum absolute atomic E-state index is 5.89. The van der Waals surface area contributed by atoms with Crippen molar-refractivity contribution >= 4 is 0 Å². The van der Waals surface area contributed by atoms with Gasteiger partial charge in [0.2, 0.25) is 0 Å². The van der Waals surface area contributed by atoms with Crippen molar-refractivity contribution in [1.29, 1.82) is 0 Å². The highest BCUT2D eigenvalue weighted by molar-refractivity contribution is 5.36. The van der Waals surface area contributed by atoms with Crippen molar-refractivity contribution in [3.05, 3.63) is 54.6 Å². The Balaban J connectivity index is 1.38. The first-order valence-corrected chi connectivity index (χ1v) is 9.52. The van der Waals surface area contributed by atoms with Crippen molar-refractivity contribution in [2.75, 3.05) is 26.2 Å². The first-order chi connectivity index (χ1) is 12.7. The average Bonchev–Trinajstić information content (AvgIpc) is 2.62. The molecule has 1 aliphatic heterocycles. The van der Waals surface area contributed by atoms with Crippen molar-refractivity contribution in [3.8, 4) is 17.2 Å². The van der Waals surface area contributed by atoms with Crippen LogP contribution in [-0.4, -0.2) is 43.3 Å². The third-order valence-corrected chi connectivity index (χ3v) is 4.42. The highest BCUT2D eigenvalue weighted by atomic mass is 16.5. The van der Waals surface area contributed by atoms with Crippen LogP contribution in [0.5, 0.6) is 17.2 Å². The molecule has 0 unspecified atom stereocenters. The van der Waals surface area contributed by atoms with Gasteiger partial charge in [0.05, 0.1) is 18.8 Å². The number of rotatable bonds is 8. The smallest absolute Gasteiger partial charge is 0.131 e. The monoisotopic (exact) mass is 355 g/mol. The van der Waals surface area contributed by atoms with Gasteiger partial charge in [-0.15, -0.1) is 0 Å². The van der Waals surface area contributed by atoms with Crippen LogP contribution in [-0.2, 0) is 4.74 Å². The molecule has 4 nitrogen and oxygen atoms in total. The molecular formula is C22H29NO3. The third-order valence-electron chi connectivity index (χ3n) is 4.42. The summed E-state index contributed by atoms with van der Waals surface area (Å²) >= 11 is 0. The summed E-state index contributed by atoms with van der Waals surface area (Å²) in [6, 6.07) is 17.6. The van der Waals surface area contributed by atoms with Crippen LogP contribution in [0.3, 0.4) is 0 Å². The van der Waals surface area contributed by atoms with Crippen molar-refractivity contribution in [3.63, 3.8) is 0 Å². The first kappa shape index (κ1) is 18.7. The number of para-hydroxylation sites is 1. The topological polar surface area (TPSA) is 30.9 Å². The Kier molecular flexibility index (Phi) is 6.92. The van der Waals surface area contributed by atoms with Crippen LogP contribution >= 0.6 is 0 Å². The Morgan fingerprint density at radius 3 is 2.35 bits per heavy atom. The molecule has 1 saturated heterocycles. The predicted octanol–water partition coefficient (Wildman–Crippen LogP) is 4.75. The Hall–Kier alpha value is -2.04. The molecule has 0 N–H and O–H groups in total. The number of morpholine rings is 1. The molecule has 1 heterocycles. The lowest BCUT2D eigenvalue weighted by atomic mass is 10.2. The van der Waals surface area contributed by atoms with Crippen LogP contribution in [0, 0.1) is 0 Å². The summed E-state index contributed by atoms with van der Waals surface area (Å²) in [7, 11) is 0. The Bertz CT molecular complexity index is 651. The van der Waals surface area contributed by atoms with Crippen LogP contribution in [0.1, 0.15) is 26.7 Å². The minimum atomic E-state index is 0.336. The van der Waals surface area contributed by atoms with Crippen LogP contribution in [0.25, 0.3) is 0 Å². The number of nitrogens with zero attached hydrogens (tertiary/aromatic N) is 1. The van der Waals surface area contributed by atoms with Gasteiger partial charge in [0.25, 0.3) is 0 Å². The zero-order chi connectivity index (χ0) is 18.2. The molecule has 1 aliphatic rings. The molecular weight excluding hydrogens is 326 g/mol. The van der Waals surface area contributed by atoms with Gasteiger partial charge >= 0.3 is 0 Å². The molecule has 0 bridgehead atoms. The Morgan fingerprint density at radius 2 is 1.58 bits per heavy atom. The summed E-state index contributed by atoms with van der Waals surface area (Å²) < 4.78 is 17.5. The van der Waals surface area contributed by atoms with Gasteiger partial charge in [-0.3, -0.25) is 4.90 Å². The first-order valence-electron chi connectivity index (χ1n) is 9.52. The number of benzene rings is 2. The second-order valence-electron chi connectivity index (χ2n) is 6.96. The van der Waals surface area contributed by atoms with E-state index in [1.165, 1.54) is 0 Å². The summed E-state index contributed by atoms with van der Waals surface area (Å²) in [6.45, 7) is 8.20. The summed E-state index contributed by atoms with van der Waals surface area (Å²) in [5.74, 6) is 2.48. The molecule has 1 fully saturated rings. The minimum Gasteiger partial charge on any atom is -0.493 e. The highest BCUT2D eigenvalue weighted by Gasteiger charge is 2.21. The van der Waals surface area contributed by atoms with E-state index in [0.29, 0.717) is 12.2 Å². The van der Waals surface area contributed by atoms with Crippen LogP contribution in [0.4, 0.5) is 0 Å². The molecule has 0 aromatic heterocycles. The summed E-state index contributed by atoms with van der Waals surface area (Å²) in [6.07, 6.45) is 2.86. The molecule has 2 aromatic carbocycles. The van der Waals surface area contributed by atoms with Gasteiger partial charge in [0.15, 0.2) is 0 Å². The summed E-state index contributed by atoms with van der Waals surface area (Å²) in [4.78, 5) is 2.49. The van der Waals surface area contributed by atoms with Gasteiger partial charge in [-0.1, -0.05) is 24.3 Å². The molecule has 4 heteroatoms. The van der Waals surface area contributed by atoms with Crippen LogP contribution in [0.15, 0.2) is 54.6 Å². The maximum Gasteiger partial charge on any atom is 0.131 e. The standard InChI is InChI=1S/C22H29NO3/c1-18-16-23(17-19(2)25-18)13-6-7-14-24-21-11-8-12-22(15-21)26-20-9-4-3-5-10-20/h3-5,8-12,15,18-19H,6-7,13-14,16-17H2,1-2H3/t18-,19-/m1/s1. The number of ether oxygens (including phenoxy) is 3. The molecule has 0 amide bonds. The fourth-order valence-corrected chi connectivity index (χ4v) is 3.35. The second kappa shape index (κ2) is 9.60. The van der Waals surface area contributed by atoms with E-state index in [1.54, 1.807) is 0 Å². The quantitative estimate of drug-likeness (QED) is 0.640. The zero-order valence-corrected chi connectivity index (χ0v) is 15.8. The van der Waals surface area contributed by atoms with Gasteiger partial charge in [-0.2, -0.15) is 0 Å². The predicted molar refractivity (Wildman–Crippen MR) is 104 cm³/mol. The lowest BCUT2D eigenvalue weighted by Crippen LogP contribution is -2.45. The molecule has 0 radical (unpaired) electrons. The lowest BCUT2D eigenvalue weighted by molar-refractivity contribution is -0.0682. The molecule has 140 valence electrons. The highest BCUT2D eigenvalue weighted by Crippen LogP contribution is 2.25. The lowest BCUT2D eigenvalue weighted by Gasteiger charge is -2.35. The van der Waals surface area contributed by atoms with Gasteiger partial charge in [0, 0.05) is 19.2 Å². The summed E-state index contributed by atoms with van der Waals surface area (Å²) in [5, 5.41) is 0. The van der Waals surface area contributed by atoms with E-state index >= 15 is 0 Å². The fourth-order valence-electron chi connectivity index (χ4n) is 3.35. The van der Waals surface area contributed by atoms with E-state index in [1.807, 2.05) is 54.6 Å². The third kappa shape index (κ3) is 6.04. The normalized spacial score (nSPS) is 20.7. The zero-order valence-electron chi connectivity index (χ0n) is 15.8. The molecule has 3 rings (SSSR count). The number of unbranched alkanes of at least 4 members (excludes halogenated alkanes) is 1. The number of hydrogen-bond acceptors (Lipinski definition) is 4. The molecule has 26 heavy (non-hydrogen) atoms. The second-order valence-corrected chi connectivity index (χ2v) is 6.96. The fraction of sp³-hybridized carbons (Fsp3) is 0.455. The maximum atomic E-state index is 5.89. The van der Waals surface area contributed by atoms with Crippen LogP contribution < -0.4 is 9.47 Å². The average molecular weight is 355 g/mol. The van der Waals surface area contributed by atoms with E-state index < -0.39 is 0 Å². The van der Waals surface area contributed by atoms with Gasteiger partial charge in [-0.25, -0.2) is 0 Å². The Morgan fingerprint density at radius 1 is 0.885 bits per heavy atom.